The average Bonchev–Trinajstić information content (AvgIpc) is 2.80. The van der Waals surface area contributed by atoms with Crippen LogP contribution < -0.4 is 5.32 Å². The molecule has 1 aromatic carbocycles. The summed E-state index contributed by atoms with van der Waals surface area (Å²) in [7, 11) is -4.06. The van der Waals surface area contributed by atoms with Crippen LogP contribution in [0.2, 0.25) is 0 Å². The normalized spacial score (nSPS) is 11.7. The van der Waals surface area contributed by atoms with E-state index in [0.29, 0.717) is 22.3 Å². The van der Waals surface area contributed by atoms with E-state index in [-0.39, 0.29) is 19.1 Å². The number of hydrogen-bond acceptors (Lipinski definition) is 4. The van der Waals surface area contributed by atoms with Gasteiger partial charge in [0, 0.05) is 0 Å². The molecule has 9 heteroatoms. The van der Waals surface area contributed by atoms with E-state index >= 15 is 0 Å². The zero-order valence-corrected chi connectivity index (χ0v) is 11.3. The van der Waals surface area contributed by atoms with Crippen LogP contribution in [0.3, 0.4) is 0 Å². The van der Waals surface area contributed by atoms with Crippen LogP contribution in [-0.2, 0) is 15.8 Å². The van der Waals surface area contributed by atoms with Crippen molar-refractivity contribution in [3.63, 3.8) is 0 Å². The molecule has 1 heterocycles. The van der Waals surface area contributed by atoms with Crippen LogP contribution in [0.4, 0.5) is 5.69 Å². The first-order valence-electron chi connectivity index (χ1n) is 5.81. The van der Waals surface area contributed by atoms with Crippen molar-refractivity contribution in [2.45, 2.75) is 6.42 Å². The fourth-order valence-electron chi connectivity index (χ4n) is 1.83. The summed E-state index contributed by atoms with van der Waals surface area (Å²) in [5, 5.41) is 11.4. The van der Waals surface area contributed by atoms with Crippen molar-refractivity contribution < 1.29 is 24.3 Å². The molecule has 0 spiro atoms. The van der Waals surface area contributed by atoms with E-state index in [2.05, 4.69) is 15.3 Å². The molecule has 0 atom stereocenters. The number of carbonyl (C=O) groups is 1. The summed E-state index contributed by atoms with van der Waals surface area (Å²) in [5.41, 5.74) is 2.48. The third kappa shape index (κ3) is 3.80. The number of aromatic amines is 1. The van der Waals surface area contributed by atoms with E-state index in [4.69, 9.17) is 14.9 Å². The van der Waals surface area contributed by atoms with Crippen molar-refractivity contribution in [2.24, 2.45) is 0 Å². The van der Waals surface area contributed by atoms with Gasteiger partial charge in [-0.1, -0.05) is 0 Å². The zero-order chi connectivity index (χ0) is 14.8. The van der Waals surface area contributed by atoms with Gasteiger partial charge in [-0.2, -0.15) is 0 Å². The molecule has 0 fully saturated rings. The molecule has 1 aromatic heterocycles. The number of nitrogens with zero attached hydrogens (tertiary/aromatic N) is 1. The quantitative estimate of drug-likeness (QED) is 0.497. The zero-order valence-electron chi connectivity index (χ0n) is 10.4. The Morgan fingerprint density at radius 1 is 1.40 bits per heavy atom. The highest BCUT2D eigenvalue weighted by Crippen LogP contribution is 2.35. The number of benzene rings is 1. The van der Waals surface area contributed by atoms with E-state index in [0.717, 1.165) is 0 Å². The lowest BCUT2D eigenvalue weighted by Gasteiger charge is -2.09. The number of carboxylic acid groups (broad SMARTS) is 1. The standard InChI is InChI=1S/C11H14N3O5P/c15-10(16)5-12-8-3-7(1-2-20(17,18)19)4-9-11(8)14-6-13-9/h3-4,6,12H,1-2,5H2,(H,13,14)(H,15,16)(H2,17,18,19). The summed E-state index contributed by atoms with van der Waals surface area (Å²) < 4.78 is 10.9. The van der Waals surface area contributed by atoms with Crippen LogP contribution >= 0.6 is 7.60 Å². The Bertz CT molecular complexity index is 678. The van der Waals surface area contributed by atoms with Gasteiger partial charge in [0.2, 0.25) is 0 Å². The molecule has 2 rings (SSSR count). The van der Waals surface area contributed by atoms with Gasteiger partial charge in [0.15, 0.2) is 0 Å². The molecule has 8 nitrogen and oxygen atoms in total. The van der Waals surface area contributed by atoms with Crippen LogP contribution in [0.5, 0.6) is 0 Å². The van der Waals surface area contributed by atoms with E-state index in [1.165, 1.54) is 6.33 Å². The lowest BCUT2D eigenvalue weighted by molar-refractivity contribution is -0.134. The molecule has 0 bridgehead atoms. The monoisotopic (exact) mass is 299 g/mol. The predicted molar refractivity (Wildman–Crippen MR) is 72.8 cm³/mol. The Labute approximate surface area is 114 Å². The van der Waals surface area contributed by atoms with Crippen molar-refractivity contribution in [3.05, 3.63) is 24.0 Å². The maximum Gasteiger partial charge on any atom is 0.325 e. The Balaban J connectivity index is 2.27. The van der Waals surface area contributed by atoms with E-state index in [1.807, 2.05) is 0 Å². The van der Waals surface area contributed by atoms with Gasteiger partial charge >= 0.3 is 13.6 Å². The van der Waals surface area contributed by atoms with Crippen LogP contribution in [0, 0.1) is 0 Å². The smallest absolute Gasteiger partial charge is 0.325 e. The SMILES string of the molecule is O=C(O)CNc1cc(CCP(=O)(O)O)cc2[nH]cnc12. The van der Waals surface area contributed by atoms with Crippen LogP contribution in [0.25, 0.3) is 11.0 Å². The minimum absolute atomic E-state index is 0.195. The Morgan fingerprint density at radius 3 is 2.80 bits per heavy atom. The number of nitrogens with one attached hydrogen (secondary N) is 2. The number of fused-ring (bicyclic) bond motifs is 1. The molecular weight excluding hydrogens is 285 g/mol. The summed E-state index contributed by atoms with van der Waals surface area (Å²) in [5.74, 6) is -1.01. The number of anilines is 1. The molecule has 0 saturated heterocycles. The maximum absolute atomic E-state index is 10.9. The lowest BCUT2D eigenvalue weighted by Crippen LogP contribution is -2.12. The molecule has 0 amide bonds. The topological polar surface area (TPSA) is 136 Å². The number of carboxylic acids is 1. The third-order valence-electron chi connectivity index (χ3n) is 2.71. The second-order valence-electron chi connectivity index (χ2n) is 4.33. The number of H-pyrrole nitrogens is 1. The second kappa shape index (κ2) is 5.62. The fraction of sp³-hybridized carbons (Fsp3) is 0.273. The largest absolute Gasteiger partial charge is 0.480 e. The minimum Gasteiger partial charge on any atom is -0.480 e. The van der Waals surface area contributed by atoms with Crippen molar-refractivity contribution >= 4 is 30.3 Å². The van der Waals surface area contributed by atoms with Crippen molar-refractivity contribution in [3.8, 4) is 0 Å². The number of aliphatic carboxylic acids is 1. The summed E-state index contributed by atoms with van der Waals surface area (Å²) >= 11 is 0. The summed E-state index contributed by atoms with van der Waals surface area (Å²) in [4.78, 5) is 35.4. The van der Waals surface area contributed by atoms with Gasteiger partial charge in [-0.3, -0.25) is 9.36 Å². The minimum atomic E-state index is -4.06. The van der Waals surface area contributed by atoms with Gasteiger partial charge in [-0.05, 0) is 24.1 Å². The number of rotatable bonds is 6. The van der Waals surface area contributed by atoms with Crippen LogP contribution in [0.1, 0.15) is 5.56 Å². The third-order valence-corrected chi connectivity index (χ3v) is 3.51. The Kier molecular flexibility index (Phi) is 4.08. The van der Waals surface area contributed by atoms with Crippen molar-refractivity contribution in [2.75, 3.05) is 18.0 Å². The van der Waals surface area contributed by atoms with Gasteiger partial charge in [-0.15, -0.1) is 0 Å². The first-order valence-corrected chi connectivity index (χ1v) is 7.61. The number of imidazole rings is 1. The first-order chi connectivity index (χ1) is 9.35. The van der Waals surface area contributed by atoms with Gasteiger partial charge in [0.25, 0.3) is 0 Å². The summed E-state index contributed by atoms with van der Waals surface area (Å²) in [6.45, 7) is -0.260. The van der Waals surface area contributed by atoms with E-state index in [1.54, 1.807) is 12.1 Å². The Morgan fingerprint density at radius 2 is 2.15 bits per heavy atom. The highest BCUT2D eigenvalue weighted by atomic mass is 31.2. The van der Waals surface area contributed by atoms with Crippen LogP contribution in [-0.4, -0.2) is 43.5 Å². The second-order valence-corrected chi connectivity index (χ2v) is 6.10. The molecular formula is C11H14N3O5P. The lowest BCUT2D eigenvalue weighted by atomic mass is 10.1. The van der Waals surface area contributed by atoms with Gasteiger partial charge in [0.05, 0.1) is 23.7 Å². The Hall–Kier alpha value is -1.89. The molecule has 0 radical (unpaired) electrons. The molecule has 0 aliphatic heterocycles. The van der Waals surface area contributed by atoms with E-state index in [9.17, 15) is 9.36 Å². The molecule has 0 aliphatic rings. The molecule has 0 unspecified atom stereocenters. The molecule has 20 heavy (non-hydrogen) atoms. The highest BCUT2D eigenvalue weighted by molar-refractivity contribution is 7.51. The summed E-state index contributed by atoms with van der Waals surface area (Å²) in [6, 6.07) is 3.39. The first kappa shape index (κ1) is 14.5. The van der Waals surface area contributed by atoms with Crippen molar-refractivity contribution in [1.82, 2.24) is 9.97 Å². The van der Waals surface area contributed by atoms with Crippen molar-refractivity contribution in [1.29, 1.82) is 0 Å². The van der Waals surface area contributed by atoms with Gasteiger partial charge < -0.3 is 25.2 Å². The summed E-state index contributed by atoms with van der Waals surface area (Å²) in [6.07, 6.45) is 1.41. The van der Waals surface area contributed by atoms with Gasteiger partial charge in [0.1, 0.15) is 12.1 Å². The number of aromatic nitrogens is 2. The molecule has 2 aromatic rings. The molecule has 0 aliphatic carbocycles. The molecule has 0 saturated carbocycles. The highest BCUT2D eigenvalue weighted by Gasteiger charge is 2.14. The fourth-order valence-corrected chi connectivity index (χ4v) is 2.38. The van der Waals surface area contributed by atoms with Gasteiger partial charge in [-0.25, -0.2) is 4.98 Å². The number of hydrogen-bond donors (Lipinski definition) is 5. The average molecular weight is 299 g/mol. The molecule has 5 N–H and O–H groups in total. The maximum atomic E-state index is 10.9. The van der Waals surface area contributed by atoms with E-state index < -0.39 is 13.6 Å². The predicted octanol–water partition coefficient (Wildman–Crippen LogP) is 0.780. The number of aryl methyl sites for hydroxylation is 1. The molecule has 108 valence electrons. The van der Waals surface area contributed by atoms with Crippen LogP contribution in [0.15, 0.2) is 18.5 Å².